The lowest BCUT2D eigenvalue weighted by Gasteiger charge is -2.21. The third kappa shape index (κ3) is 3.70. The number of anilines is 1. The second kappa shape index (κ2) is 8.20. The minimum atomic E-state index is -1.04. The number of H-pyrrole nitrogens is 1. The van der Waals surface area contributed by atoms with E-state index >= 15 is 0 Å². The molecule has 1 unspecified atom stereocenters. The predicted octanol–water partition coefficient (Wildman–Crippen LogP) is 4.06. The van der Waals surface area contributed by atoms with Gasteiger partial charge in [0.25, 0.3) is 5.91 Å². The number of carbonyl (C=O) groups is 3. The Hall–Kier alpha value is -4.17. The van der Waals surface area contributed by atoms with Gasteiger partial charge in [-0.15, -0.1) is 0 Å². The third-order valence-corrected chi connectivity index (χ3v) is 7.09. The molecular weight excluding hydrogens is 458 g/mol. The first kappa shape index (κ1) is 23.6. The molecule has 1 aromatic heterocycles. The summed E-state index contributed by atoms with van der Waals surface area (Å²) in [5, 5.41) is 21.6. The van der Waals surface area contributed by atoms with E-state index in [2.05, 4.69) is 4.98 Å². The molecule has 8 nitrogen and oxygen atoms in total. The molecule has 0 bridgehead atoms. The molecule has 1 saturated heterocycles. The van der Waals surface area contributed by atoms with Crippen molar-refractivity contribution in [2.75, 3.05) is 11.4 Å². The Kier molecular flexibility index (Phi) is 5.37. The smallest absolute Gasteiger partial charge is 0.308 e. The van der Waals surface area contributed by atoms with Crippen molar-refractivity contribution in [3.63, 3.8) is 0 Å². The lowest BCUT2D eigenvalue weighted by molar-refractivity contribution is -0.141. The number of aromatic nitrogens is 1. The average Bonchev–Trinajstić information content (AvgIpc) is 3.38. The van der Waals surface area contributed by atoms with Crippen LogP contribution in [0, 0.1) is 12.8 Å². The molecule has 1 fully saturated rings. The quantitative estimate of drug-likeness (QED) is 0.338. The van der Waals surface area contributed by atoms with Crippen molar-refractivity contribution in [2.45, 2.75) is 32.8 Å². The Morgan fingerprint density at radius 3 is 2.50 bits per heavy atom. The van der Waals surface area contributed by atoms with Gasteiger partial charge in [-0.2, -0.15) is 0 Å². The number of nitrogens with one attached hydrogen (secondary N) is 1. The zero-order valence-corrected chi connectivity index (χ0v) is 20.3. The third-order valence-electron chi connectivity index (χ3n) is 7.09. The number of carboxylic acids is 1. The highest BCUT2D eigenvalue weighted by Crippen LogP contribution is 2.41. The van der Waals surface area contributed by atoms with Crippen LogP contribution in [-0.4, -0.2) is 39.5 Å². The van der Waals surface area contributed by atoms with E-state index in [9.17, 15) is 24.6 Å². The summed E-state index contributed by atoms with van der Waals surface area (Å²) in [6.45, 7) is 5.45. The topological polar surface area (TPSA) is 137 Å². The Labute approximate surface area is 207 Å². The van der Waals surface area contributed by atoms with E-state index in [1.165, 1.54) is 4.90 Å². The van der Waals surface area contributed by atoms with Crippen LogP contribution in [0.2, 0.25) is 0 Å². The summed E-state index contributed by atoms with van der Waals surface area (Å²) >= 11 is 0. The number of amides is 2. The molecule has 0 aliphatic carbocycles. The number of aliphatic hydroxyl groups is 1. The molecule has 0 spiro atoms. The van der Waals surface area contributed by atoms with Crippen LogP contribution < -0.4 is 10.6 Å². The van der Waals surface area contributed by atoms with Crippen LogP contribution in [0.1, 0.15) is 41.8 Å². The number of carbonyl (C=O) groups excluding carboxylic acids is 2. The fourth-order valence-corrected chi connectivity index (χ4v) is 5.14. The highest BCUT2D eigenvalue weighted by Gasteiger charge is 2.36. The fourth-order valence-electron chi connectivity index (χ4n) is 5.14. The van der Waals surface area contributed by atoms with Gasteiger partial charge in [-0.3, -0.25) is 14.4 Å². The van der Waals surface area contributed by atoms with Crippen molar-refractivity contribution >= 4 is 45.3 Å². The van der Waals surface area contributed by atoms with Crippen molar-refractivity contribution in [3.8, 4) is 11.1 Å². The van der Waals surface area contributed by atoms with Crippen LogP contribution in [0.25, 0.3) is 32.9 Å². The van der Waals surface area contributed by atoms with Gasteiger partial charge in [0.1, 0.15) is 0 Å². The van der Waals surface area contributed by atoms with Crippen molar-refractivity contribution < 1.29 is 24.6 Å². The van der Waals surface area contributed by atoms with Crippen molar-refractivity contribution in [3.05, 3.63) is 65.2 Å². The lowest BCUT2D eigenvalue weighted by Crippen LogP contribution is -2.26. The first-order valence-electron chi connectivity index (χ1n) is 11.7. The van der Waals surface area contributed by atoms with Gasteiger partial charge < -0.3 is 25.8 Å². The normalized spacial score (nSPS) is 16.3. The highest BCUT2D eigenvalue weighted by molar-refractivity contribution is 6.20. The monoisotopic (exact) mass is 485 g/mol. The Bertz CT molecular complexity index is 1580. The second-order valence-electron chi connectivity index (χ2n) is 9.91. The molecule has 1 aliphatic rings. The molecule has 1 atom stereocenters. The van der Waals surface area contributed by atoms with Gasteiger partial charge in [0.15, 0.2) is 0 Å². The number of aromatic amines is 1. The Balaban J connectivity index is 1.74. The van der Waals surface area contributed by atoms with E-state index in [0.29, 0.717) is 16.8 Å². The largest absolute Gasteiger partial charge is 0.481 e. The number of hydrogen-bond donors (Lipinski definition) is 4. The van der Waals surface area contributed by atoms with E-state index in [1.54, 1.807) is 19.9 Å². The maximum absolute atomic E-state index is 12.7. The van der Waals surface area contributed by atoms with Crippen LogP contribution in [0.4, 0.5) is 5.69 Å². The number of aliphatic carboxylic acids is 1. The molecule has 36 heavy (non-hydrogen) atoms. The van der Waals surface area contributed by atoms with E-state index in [1.807, 2.05) is 49.4 Å². The van der Waals surface area contributed by atoms with Gasteiger partial charge in [-0.1, -0.05) is 30.3 Å². The minimum absolute atomic E-state index is 0.0253. The number of primary amides is 1. The summed E-state index contributed by atoms with van der Waals surface area (Å²) < 4.78 is 0. The molecule has 5 rings (SSSR count). The highest BCUT2D eigenvalue weighted by atomic mass is 16.4. The number of carboxylic acid groups (broad SMARTS) is 1. The van der Waals surface area contributed by atoms with Crippen LogP contribution >= 0.6 is 0 Å². The van der Waals surface area contributed by atoms with Gasteiger partial charge in [-0.05, 0) is 61.2 Å². The first-order valence-corrected chi connectivity index (χ1v) is 11.7. The van der Waals surface area contributed by atoms with Gasteiger partial charge in [-0.25, -0.2) is 0 Å². The first-order chi connectivity index (χ1) is 17.0. The van der Waals surface area contributed by atoms with E-state index in [0.717, 1.165) is 38.5 Å². The molecule has 3 aromatic carbocycles. The van der Waals surface area contributed by atoms with Crippen molar-refractivity contribution in [1.82, 2.24) is 4.98 Å². The van der Waals surface area contributed by atoms with Crippen LogP contribution in [0.3, 0.4) is 0 Å². The van der Waals surface area contributed by atoms with E-state index in [-0.39, 0.29) is 18.9 Å². The maximum atomic E-state index is 12.7. The average molecular weight is 486 g/mol. The number of fused-ring (bicyclic) bond motifs is 3. The molecule has 0 radical (unpaired) electrons. The van der Waals surface area contributed by atoms with Crippen LogP contribution in [0.15, 0.2) is 48.5 Å². The predicted molar refractivity (Wildman–Crippen MR) is 138 cm³/mol. The van der Waals surface area contributed by atoms with E-state index in [4.69, 9.17) is 5.73 Å². The molecule has 2 heterocycles. The summed E-state index contributed by atoms with van der Waals surface area (Å²) in [5.74, 6) is -2.50. The van der Waals surface area contributed by atoms with Crippen molar-refractivity contribution in [1.29, 1.82) is 0 Å². The molecule has 8 heteroatoms. The molecule has 0 saturated carbocycles. The minimum Gasteiger partial charge on any atom is -0.481 e. The molecule has 4 aromatic rings. The molecule has 184 valence electrons. The number of rotatable bonds is 5. The Morgan fingerprint density at radius 2 is 1.86 bits per heavy atom. The SMILES string of the molecule is Cc1c(-c2ccc(C(N)=O)c3[nH]c4cc(C(C)(C)O)ccc4c23)cccc1N1CC(C(=O)O)CC1=O. The van der Waals surface area contributed by atoms with Crippen molar-refractivity contribution in [2.24, 2.45) is 11.7 Å². The summed E-state index contributed by atoms with van der Waals surface area (Å²) in [6.07, 6.45) is -0.0253. The molecule has 1 aliphatic heterocycles. The van der Waals surface area contributed by atoms with Crippen LogP contribution in [0.5, 0.6) is 0 Å². The maximum Gasteiger partial charge on any atom is 0.308 e. The van der Waals surface area contributed by atoms with Gasteiger partial charge >= 0.3 is 5.97 Å². The van der Waals surface area contributed by atoms with Crippen LogP contribution in [-0.2, 0) is 15.2 Å². The fraction of sp³-hybridized carbons (Fsp3) is 0.250. The molecule has 5 N–H and O–H groups in total. The number of benzene rings is 3. The summed E-state index contributed by atoms with van der Waals surface area (Å²) in [4.78, 5) is 41.2. The second-order valence-corrected chi connectivity index (χ2v) is 9.91. The number of nitrogens with zero attached hydrogens (tertiary/aromatic N) is 1. The zero-order valence-electron chi connectivity index (χ0n) is 20.3. The standard InChI is InChI=1S/C28H27N3O5/c1-14-17(5-4-6-22(14)31-13-15(27(34)35)11-23(31)32)18-9-10-20(26(29)33)25-24(18)19-8-7-16(28(2,3)36)12-21(19)30-25/h4-10,12,15,30,36H,11,13H2,1-3H3,(H2,29,33)(H,34,35). The van der Waals surface area contributed by atoms with Gasteiger partial charge in [0.2, 0.25) is 5.91 Å². The molecular formula is C28H27N3O5. The zero-order chi connectivity index (χ0) is 25.9. The number of nitrogens with two attached hydrogens (primary N) is 1. The summed E-state index contributed by atoms with van der Waals surface area (Å²) in [5.41, 5.74) is 10.3. The molecule has 2 amide bonds. The summed E-state index contributed by atoms with van der Waals surface area (Å²) in [7, 11) is 0. The van der Waals surface area contributed by atoms with Gasteiger partial charge in [0, 0.05) is 34.9 Å². The lowest BCUT2D eigenvalue weighted by atomic mass is 9.92. The van der Waals surface area contributed by atoms with E-state index < -0.39 is 23.4 Å². The Morgan fingerprint density at radius 1 is 1.11 bits per heavy atom. The van der Waals surface area contributed by atoms with Gasteiger partial charge in [0.05, 0.1) is 22.6 Å². The number of hydrogen-bond acceptors (Lipinski definition) is 4. The summed E-state index contributed by atoms with van der Waals surface area (Å²) in [6, 6.07) is 14.8.